The Hall–Kier alpha value is -2.03. The van der Waals surface area contributed by atoms with Gasteiger partial charge in [0.1, 0.15) is 0 Å². The van der Waals surface area contributed by atoms with Crippen LogP contribution in [0.1, 0.15) is 23.0 Å². The molecule has 0 atom stereocenters. The summed E-state index contributed by atoms with van der Waals surface area (Å²) < 4.78 is 0. The highest BCUT2D eigenvalue weighted by Crippen LogP contribution is 1.94. The van der Waals surface area contributed by atoms with Crippen LogP contribution in [0, 0.1) is 6.92 Å². The van der Waals surface area contributed by atoms with Crippen molar-refractivity contribution in [1.82, 2.24) is 9.97 Å². The number of hydrogen-bond acceptors (Lipinski definition) is 3. The van der Waals surface area contributed by atoms with Crippen LogP contribution in [0.3, 0.4) is 0 Å². The zero-order valence-electron chi connectivity index (χ0n) is 9.42. The minimum atomic E-state index is 0.0584. The summed E-state index contributed by atoms with van der Waals surface area (Å²) in [6, 6.07) is 9.35. The van der Waals surface area contributed by atoms with Crippen LogP contribution in [0.5, 0.6) is 0 Å². The molecule has 82 valence electrons. The third-order valence-corrected chi connectivity index (χ3v) is 1.88. The predicted octanol–water partition coefficient (Wildman–Crippen LogP) is 2.67. The third kappa shape index (κ3) is 4.46. The standard InChI is InChI=1S/C7H7NO.C6H7N/c1-6(9)7-3-2-4-8-5-7;1-6-4-2-3-5-7-6/h2-5H,1H3;2-5H,1H3. The molecular formula is C13H14N2O. The lowest BCUT2D eigenvalue weighted by Gasteiger charge is -1.88. The van der Waals surface area contributed by atoms with E-state index >= 15 is 0 Å². The van der Waals surface area contributed by atoms with Crippen molar-refractivity contribution in [3.05, 3.63) is 60.2 Å². The Bertz CT molecular complexity index is 426. The quantitative estimate of drug-likeness (QED) is 0.685. The highest BCUT2D eigenvalue weighted by molar-refractivity contribution is 5.93. The molecule has 0 saturated carbocycles. The molecule has 0 N–H and O–H groups in total. The minimum absolute atomic E-state index is 0.0584. The molecule has 0 bridgehead atoms. The van der Waals surface area contributed by atoms with Crippen LogP contribution < -0.4 is 0 Å². The first-order valence-electron chi connectivity index (χ1n) is 4.99. The van der Waals surface area contributed by atoms with Gasteiger partial charge in [-0.15, -0.1) is 0 Å². The normalized spacial score (nSPS) is 8.88. The molecule has 0 aliphatic carbocycles. The van der Waals surface area contributed by atoms with Crippen LogP contribution in [0.4, 0.5) is 0 Å². The van der Waals surface area contributed by atoms with Crippen molar-refractivity contribution in [3.8, 4) is 0 Å². The number of Topliss-reactive ketones (excluding diaryl/α,β-unsaturated/α-hetero) is 1. The number of ketones is 1. The second-order valence-electron chi connectivity index (χ2n) is 3.27. The van der Waals surface area contributed by atoms with Crippen molar-refractivity contribution in [2.75, 3.05) is 0 Å². The first-order chi connectivity index (χ1) is 7.70. The Kier molecular flexibility index (Phi) is 4.86. The second kappa shape index (κ2) is 6.45. The van der Waals surface area contributed by atoms with Gasteiger partial charge in [0.05, 0.1) is 0 Å². The number of aryl methyl sites for hydroxylation is 1. The van der Waals surface area contributed by atoms with Gasteiger partial charge in [0.2, 0.25) is 0 Å². The molecule has 0 spiro atoms. The molecule has 3 heteroatoms. The van der Waals surface area contributed by atoms with Crippen molar-refractivity contribution in [3.63, 3.8) is 0 Å². The van der Waals surface area contributed by atoms with Crippen LogP contribution in [0.15, 0.2) is 48.9 Å². The molecule has 2 rings (SSSR count). The Morgan fingerprint density at radius 1 is 1.12 bits per heavy atom. The average Bonchev–Trinajstić information content (AvgIpc) is 2.32. The topological polar surface area (TPSA) is 42.9 Å². The van der Waals surface area contributed by atoms with Gasteiger partial charge in [0.15, 0.2) is 5.78 Å². The maximum atomic E-state index is 10.6. The van der Waals surface area contributed by atoms with E-state index in [1.54, 1.807) is 30.7 Å². The van der Waals surface area contributed by atoms with Gasteiger partial charge in [-0.2, -0.15) is 0 Å². The van der Waals surface area contributed by atoms with Crippen LogP contribution in [0.25, 0.3) is 0 Å². The fourth-order valence-electron chi connectivity index (χ4n) is 1.02. The Morgan fingerprint density at radius 2 is 1.94 bits per heavy atom. The number of rotatable bonds is 1. The van der Waals surface area contributed by atoms with Gasteiger partial charge < -0.3 is 0 Å². The van der Waals surface area contributed by atoms with E-state index in [1.165, 1.54) is 6.92 Å². The highest BCUT2D eigenvalue weighted by Gasteiger charge is 1.93. The predicted molar refractivity (Wildman–Crippen MR) is 63.2 cm³/mol. The van der Waals surface area contributed by atoms with Crippen molar-refractivity contribution >= 4 is 5.78 Å². The SMILES string of the molecule is CC(=O)c1cccnc1.Cc1ccccn1. The highest BCUT2D eigenvalue weighted by atomic mass is 16.1. The van der Waals surface area contributed by atoms with Gasteiger partial charge in [-0.25, -0.2) is 0 Å². The summed E-state index contributed by atoms with van der Waals surface area (Å²) in [7, 11) is 0. The molecule has 2 aromatic heterocycles. The Balaban J connectivity index is 0.000000165. The number of pyridine rings is 2. The van der Waals surface area contributed by atoms with Crippen LogP contribution in [-0.4, -0.2) is 15.8 Å². The monoisotopic (exact) mass is 214 g/mol. The first kappa shape index (κ1) is 12.0. The summed E-state index contributed by atoms with van der Waals surface area (Å²) in [6.07, 6.45) is 4.99. The molecule has 0 unspecified atom stereocenters. The molecule has 0 saturated heterocycles. The molecule has 2 aromatic rings. The summed E-state index contributed by atoms with van der Waals surface area (Å²) in [5, 5.41) is 0. The first-order valence-corrected chi connectivity index (χ1v) is 4.99. The van der Waals surface area contributed by atoms with Crippen LogP contribution in [0.2, 0.25) is 0 Å². The van der Waals surface area contributed by atoms with E-state index in [0.717, 1.165) is 5.69 Å². The molecule has 0 aromatic carbocycles. The molecule has 0 radical (unpaired) electrons. The number of hydrogen-bond donors (Lipinski definition) is 0. The second-order valence-corrected chi connectivity index (χ2v) is 3.27. The fraction of sp³-hybridized carbons (Fsp3) is 0.154. The van der Waals surface area contributed by atoms with Gasteiger partial charge in [-0.3, -0.25) is 14.8 Å². The van der Waals surface area contributed by atoms with Gasteiger partial charge in [-0.1, -0.05) is 6.07 Å². The number of aromatic nitrogens is 2. The lowest BCUT2D eigenvalue weighted by molar-refractivity contribution is 0.101. The average molecular weight is 214 g/mol. The molecule has 16 heavy (non-hydrogen) atoms. The summed E-state index contributed by atoms with van der Waals surface area (Å²) in [5.74, 6) is 0.0584. The lowest BCUT2D eigenvalue weighted by atomic mass is 10.2. The van der Waals surface area contributed by atoms with Crippen molar-refractivity contribution in [2.45, 2.75) is 13.8 Å². The van der Waals surface area contributed by atoms with Crippen molar-refractivity contribution < 1.29 is 4.79 Å². The van der Waals surface area contributed by atoms with E-state index in [1.807, 2.05) is 25.1 Å². The van der Waals surface area contributed by atoms with Gasteiger partial charge in [0, 0.05) is 29.8 Å². The van der Waals surface area contributed by atoms with E-state index in [0.29, 0.717) is 5.56 Å². The van der Waals surface area contributed by atoms with Gasteiger partial charge in [-0.05, 0) is 38.1 Å². The zero-order chi connectivity index (χ0) is 11.8. The van der Waals surface area contributed by atoms with Crippen molar-refractivity contribution in [2.24, 2.45) is 0 Å². The third-order valence-electron chi connectivity index (χ3n) is 1.88. The minimum Gasteiger partial charge on any atom is -0.294 e. The molecule has 3 nitrogen and oxygen atoms in total. The molecule has 0 fully saturated rings. The van der Waals surface area contributed by atoms with E-state index in [9.17, 15) is 4.79 Å². The number of carbonyl (C=O) groups is 1. The van der Waals surface area contributed by atoms with Crippen molar-refractivity contribution in [1.29, 1.82) is 0 Å². The smallest absolute Gasteiger partial charge is 0.161 e. The van der Waals surface area contributed by atoms with Crippen LogP contribution >= 0.6 is 0 Å². The lowest BCUT2D eigenvalue weighted by Crippen LogP contribution is -1.90. The summed E-state index contributed by atoms with van der Waals surface area (Å²) in [5.41, 5.74) is 1.74. The van der Waals surface area contributed by atoms with E-state index in [2.05, 4.69) is 9.97 Å². The van der Waals surface area contributed by atoms with E-state index in [4.69, 9.17) is 0 Å². The summed E-state index contributed by atoms with van der Waals surface area (Å²) in [4.78, 5) is 18.4. The Labute approximate surface area is 95.2 Å². The van der Waals surface area contributed by atoms with E-state index < -0.39 is 0 Å². The van der Waals surface area contributed by atoms with E-state index in [-0.39, 0.29) is 5.78 Å². The maximum Gasteiger partial charge on any atom is 0.161 e. The Morgan fingerprint density at radius 3 is 2.25 bits per heavy atom. The molecule has 0 aliphatic rings. The number of nitrogens with zero attached hydrogens (tertiary/aromatic N) is 2. The van der Waals surface area contributed by atoms with Gasteiger partial charge >= 0.3 is 0 Å². The van der Waals surface area contributed by atoms with Gasteiger partial charge in [0.25, 0.3) is 0 Å². The summed E-state index contributed by atoms with van der Waals surface area (Å²) in [6.45, 7) is 3.50. The zero-order valence-corrected chi connectivity index (χ0v) is 9.42. The molecule has 2 heterocycles. The molecule has 0 amide bonds. The molecular weight excluding hydrogens is 200 g/mol. The maximum absolute atomic E-state index is 10.6. The fourth-order valence-corrected chi connectivity index (χ4v) is 1.02. The molecule has 0 aliphatic heterocycles. The largest absolute Gasteiger partial charge is 0.294 e. The summed E-state index contributed by atoms with van der Waals surface area (Å²) >= 11 is 0. The number of carbonyl (C=O) groups excluding carboxylic acids is 1. The van der Waals surface area contributed by atoms with Crippen LogP contribution in [-0.2, 0) is 0 Å².